The van der Waals surface area contributed by atoms with Gasteiger partial charge in [0, 0.05) is 0 Å². The van der Waals surface area contributed by atoms with Gasteiger partial charge in [0.2, 0.25) is 0 Å². The zero-order chi connectivity index (χ0) is 15.2. The Morgan fingerprint density at radius 3 is 1.85 bits per heavy atom. The van der Waals surface area contributed by atoms with Crippen LogP contribution in [-0.2, 0) is 0 Å². The van der Waals surface area contributed by atoms with E-state index in [4.69, 9.17) is 0 Å². The fourth-order valence-corrected chi connectivity index (χ4v) is 8.91. The standard InChI is InChI=1S/C19H36Si/c1-12-9-10-18(11-12)20(7,8)17(6)19-15(4)13(2)14(3)16(19)5/h10,12-17,19H,9,11H2,1-8H3. The Morgan fingerprint density at radius 1 is 0.950 bits per heavy atom. The van der Waals surface area contributed by atoms with Gasteiger partial charge in [-0.25, -0.2) is 0 Å². The zero-order valence-corrected chi connectivity index (χ0v) is 16.0. The normalized spacial score (nSPS) is 43.7. The van der Waals surface area contributed by atoms with Crippen LogP contribution in [0.4, 0.5) is 0 Å². The van der Waals surface area contributed by atoms with Gasteiger partial charge in [0.05, 0.1) is 8.07 Å². The summed E-state index contributed by atoms with van der Waals surface area (Å²) in [6, 6.07) is 0. The van der Waals surface area contributed by atoms with Crippen LogP contribution in [0.1, 0.15) is 54.4 Å². The highest BCUT2D eigenvalue weighted by molar-refractivity contribution is 6.85. The van der Waals surface area contributed by atoms with Gasteiger partial charge in [-0.15, -0.1) is 0 Å². The van der Waals surface area contributed by atoms with E-state index in [-0.39, 0.29) is 0 Å². The Kier molecular flexibility index (Phi) is 4.59. The van der Waals surface area contributed by atoms with Crippen LogP contribution in [0, 0.1) is 35.5 Å². The molecule has 6 unspecified atom stereocenters. The third-order valence-corrected chi connectivity index (χ3v) is 12.3. The largest absolute Gasteiger partial charge is 0.0889 e. The lowest BCUT2D eigenvalue weighted by atomic mass is 9.87. The molecule has 0 radical (unpaired) electrons. The van der Waals surface area contributed by atoms with Crippen molar-refractivity contribution in [3.8, 4) is 0 Å². The van der Waals surface area contributed by atoms with Crippen LogP contribution in [0.3, 0.4) is 0 Å². The Hall–Kier alpha value is -0.0431. The van der Waals surface area contributed by atoms with Crippen molar-refractivity contribution < 1.29 is 0 Å². The number of hydrogen-bond donors (Lipinski definition) is 0. The molecule has 2 rings (SSSR count). The topological polar surface area (TPSA) is 0 Å². The molecular weight excluding hydrogens is 256 g/mol. The van der Waals surface area contributed by atoms with E-state index >= 15 is 0 Å². The van der Waals surface area contributed by atoms with Gasteiger partial charge < -0.3 is 0 Å². The lowest BCUT2D eigenvalue weighted by molar-refractivity contribution is 0.306. The van der Waals surface area contributed by atoms with Crippen molar-refractivity contribution in [3.63, 3.8) is 0 Å². The molecule has 0 saturated heterocycles. The molecule has 2 aliphatic rings. The summed E-state index contributed by atoms with van der Waals surface area (Å²) >= 11 is 0. The fourth-order valence-electron chi connectivity index (χ4n) is 5.23. The Bertz CT molecular complexity index is 367. The number of hydrogen-bond acceptors (Lipinski definition) is 0. The molecule has 0 aromatic heterocycles. The van der Waals surface area contributed by atoms with Gasteiger partial charge in [-0.05, 0) is 53.9 Å². The van der Waals surface area contributed by atoms with Crippen molar-refractivity contribution in [3.05, 3.63) is 11.3 Å². The van der Waals surface area contributed by atoms with Gasteiger partial charge in [-0.2, -0.15) is 0 Å². The number of allylic oxidation sites excluding steroid dienone is 2. The second-order valence-corrected chi connectivity index (χ2v) is 13.8. The highest BCUT2D eigenvalue weighted by Gasteiger charge is 2.49. The van der Waals surface area contributed by atoms with Gasteiger partial charge >= 0.3 is 0 Å². The van der Waals surface area contributed by atoms with Gasteiger partial charge in [0.25, 0.3) is 0 Å². The van der Waals surface area contributed by atoms with Crippen LogP contribution in [-0.4, -0.2) is 8.07 Å². The molecule has 2 aliphatic carbocycles. The highest BCUT2D eigenvalue weighted by atomic mass is 28.3. The van der Waals surface area contributed by atoms with E-state index in [1.165, 1.54) is 12.8 Å². The summed E-state index contributed by atoms with van der Waals surface area (Å²) in [5, 5.41) is 1.88. The first-order valence-electron chi connectivity index (χ1n) is 8.87. The van der Waals surface area contributed by atoms with E-state index in [0.717, 1.165) is 41.0 Å². The fraction of sp³-hybridized carbons (Fsp3) is 0.895. The van der Waals surface area contributed by atoms with E-state index in [0.29, 0.717) is 0 Å². The molecule has 20 heavy (non-hydrogen) atoms. The molecule has 116 valence electrons. The summed E-state index contributed by atoms with van der Waals surface area (Å²) in [5.41, 5.74) is 0.927. The van der Waals surface area contributed by atoms with E-state index in [1.807, 2.05) is 5.20 Å². The van der Waals surface area contributed by atoms with Gasteiger partial charge in [-0.3, -0.25) is 0 Å². The number of rotatable bonds is 3. The van der Waals surface area contributed by atoms with E-state index in [2.05, 4.69) is 60.7 Å². The third kappa shape index (κ3) is 2.55. The molecule has 0 spiro atoms. The van der Waals surface area contributed by atoms with Gasteiger partial charge in [0.15, 0.2) is 0 Å². The Morgan fingerprint density at radius 2 is 1.45 bits per heavy atom. The lowest BCUT2D eigenvalue weighted by Crippen LogP contribution is -2.40. The molecule has 1 heteroatoms. The molecule has 0 nitrogen and oxygen atoms in total. The second kappa shape index (κ2) is 5.63. The maximum absolute atomic E-state index is 2.65. The van der Waals surface area contributed by atoms with Crippen LogP contribution in [0.25, 0.3) is 0 Å². The summed E-state index contributed by atoms with van der Waals surface area (Å²) in [6.07, 6.45) is 5.34. The molecule has 1 fully saturated rings. The predicted molar refractivity (Wildman–Crippen MR) is 93.5 cm³/mol. The Labute approximate surface area is 128 Å². The molecule has 0 bridgehead atoms. The van der Waals surface area contributed by atoms with Crippen molar-refractivity contribution in [2.75, 3.05) is 0 Å². The first kappa shape index (κ1) is 16.3. The molecule has 0 heterocycles. The summed E-state index contributed by atoms with van der Waals surface area (Å²) in [6.45, 7) is 20.4. The van der Waals surface area contributed by atoms with Crippen LogP contribution < -0.4 is 0 Å². The maximum atomic E-state index is 2.65. The van der Waals surface area contributed by atoms with Crippen molar-refractivity contribution in [1.82, 2.24) is 0 Å². The summed E-state index contributed by atoms with van der Waals surface area (Å²) < 4.78 is 0. The van der Waals surface area contributed by atoms with Crippen molar-refractivity contribution in [1.29, 1.82) is 0 Å². The third-order valence-electron chi connectivity index (χ3n) is 7.58. The monoisotopic (exact) mass is 292 g/mol. The van der Waals surface area contributed by atoms with Crippen molar-refractivity contribution in [2.24, 2.45) is 35.5 Å². The zero-order valence-electron chi connectivity index (χ0n) is 15.0. The molecule has 6 atom stereocenters. The molecule has 0 aliphatic heterocycles. The first-order chi connectivity index (χ1) is 9.17. The van der Waals surface area contributed by atoms with Crippen molar-refractivity contribution in [2.45, 2.75) is 73.0 Å². The molecule has 0 aromatic rings. The van der Waals surface area contributed by atoms with Crippen LogP contribution in [0.5, 0.6) is 0 Å². The summed E-state index contributed by atoms with van der Waals surface area (Å²) in [7, 11) is -1.26. The minimum absolute atomic E-state index is 0.902. The molecule has 0 amide bonds. The smallest absolute Gasteiger partial charge is 0.0781 e. The Balaban J connectivity index is 2.20. The molecular formula is C19H36Si. The SMILES string of the molecule is CC1CC=C([Si](C)(C)C(C)C2C(C)C(C)C(C)C2C)C1. The predicted octanol–water partition coefficient (Wildman–Crippen LogP) is 6.15. The van der Waals surface area contributed by atoms with E-state index in [9.17, 15) is 0 Å². The minimum Gasteiger partial charge on any atom is -0.0889 e. The first-order valence-corrected chi connectivity index (χ1v) is 11.9. The van der Waals surface area contributed by atoms with Crippen LogP contribution >= 0.6 is 0 Å². The van der Waals surface area contributed by atoms with Gasteiger partial charge in [0.1, 0.15) is 0 Å². The van der Waals surface area contributed by atoms with Crippen molar-refractivity contribution >= 4 is 8.07 Å². The summed E-state index contributed by atoms with van der Waals surface area (Å²) in [5.74, 6) is 5.46. The van der Waals surface area contributed by atoms with Crippen LogP contribution in [0.2, 0.25) is 18.6 Å². The lowest BCUT2D eigenvalue weighted by Gasteiger charge is -2.40. The van der Waals surface area contributed by atoms with Crippen LogP contribution in [0.15, 0.2) is 11.3 Å². The van der Waals surface area contributed by atoms with E-state index in [1.54, 1.807) is 0 Å². The van der Waals surface area contributed by atoms with Gasteiger partial charge in [-0.1, -0.05) is 65.9 Å². The average molecular weight is 293 g/mol. The summed E-state index contributed by atoms with van der Waals surface area (Å²) in [4.78, 5) is 0. The molecule has 0 N–H and O–H groups in total. The quantitative estimate of drug-likeness (QED) is 0.547. The minimum atomic E-state index is -1.26. The van der Waals surface area contributed by atoms with E-state index < -0.39 is 8.07 Å². The highest BCUT2D eigenvalue weighted by Crippen LogP contribution is 2.54. The molecule has 1 saturated carbocycles. The maximum Gasteiger partial charge on any atom is 0.0781 e. The average Bonchev–Trinajstić information content (AvgIpc) is 2.90. The molecule has 0 aromatic carbocycles. The second-order valence-electron chi connectivity index (χ2n) is 8.80.